The van der Waals surface area contributed by atoms with Crippen LogP contribution in [-0.4, -0.2) is 44.7 Å². The summed E-state index contributed by atoms with van der Waals surface area (Å²) in [5.41, 5.74) is -0.508. The van der Waals surface area contributed by atoms with Gasteiger partial charge in [-0.15, -0.1) is 0 Å². The summed E-state index contributed by atoms with van der Waals surface area (Å²) >= 11 is 0. The molecule has 3 atom stereocenters. The van der Waals surface area contributed by atoms with Gasteiger partial charge in [-0.1, -0.05) is 26.7 Å². The maximum absolute atomic E-state index is 12.5. The van der Waals surface area contributed by atoms with Crippen LogP contribution >= 0.6 is 0 Å². The maximum Gasteiger partial charge on any atom is 0.311 e. The summed E-state index contributed by atoms with van der Waals surface area (Å²) in [6.45, 7) is 10.9. The number of ether oxygens (including phenoxy) is 4. The summed E-state index contributed by atoms with van der Waals surface area (Å²) in [7, 11) is 0. The number of carbonyl (C=O) groups is 2. The average molecular weight is 387 g/mol. The van der Waals surface area contributed by atoms with E-state index in [0.29, 0.717) is 19.6 Å². The Morgan fingerprint density at radius 1 is 1.00 bits per heavy atom. The van der Waals surface area contributed by atoms with Crippen LogP contribution in [0, 0.1) is 17.3 Å². The maximum atomic E-state index is 12.5. The van der Waals surface area contributed by atoms with E-state index in [0.717, 1.165) is 32.1 Å². The minimum absolute atomic E-state index is 0.101. The standard InChI is InChI=1S/C21H38O6/c1-6-18(24-8-3)27-15-16-11-9-10-12-17(16)19(22)25-13-14-26-20(23)21(4,5)7-2/h16-18H,6-15H2,1-5H3. The van der Waals surface area contributed by atoms with Crippen LogP contribution in [0.1, 0.15) is 73.1 Å². The lowest BCUT2D eigenvalue weighted by Gasteiger charge is -2.31. The molecular weight excluding hydrogens is 348 g/mol. The molecule has 0 spiro atoms. The van der Waals surface area contributed by atoms with Gasteiger partial charge in [0, 0.05) is 6.61 Å². The molecule has 0 bridgehead atoms. The minimum atomic E-state index is -0.508. The summed E-state index contributed by atoms with van der Waals surface area (Å²) in [6, 6.07) is 0. The summed E-state index contributed by atoms with van der Waals surface area (Å²) in [5, 5.41) is 0. The van der Waals surface area contributed by atoms with Crippen molar-refractivity contribution < 1.29 is 28.5 Å². The highest BCUT2D eigenvalue weighted by molar-refractivity contribution is 5.76. The van der Waals surface area contributed by atoms with E-state index in [1.165, 1.54) is 0 Å². The van der Waals surface area contributed by atoms with E-state index in [1.54, 1.807) is 0 Å². The van der Waals surface area contributed by atoms with Crippen molar-refractivity contribution in [2.45, 2.75) is 79.4 Å². The highest BCUT2D eigenvalue weighted by Gasteiger charge is 2.33. The van der Waals surface area contributed by atoms with E-state index >= 15 is 0 Å². The molecular formula is C21H38O6. The Kier molecular flexibility index (Phi) is 10.9. The molecule has 6 nitrogen and oxygen atoms in total. The van der Waals surface area contributed by atoms with E-state index < -0.39 is 5.41 Å². The van der Waals surface area contributed by atoms with Crippen molar-refractivity contribution in [1.82, 2.24) is 0 Å². The Balaban J connectivity index is 2.41. The van der Waals surface area contributed by atoms with E-state index in [-0.39, 0.29) is 43.3 Å². The van der Waals surface area contributed by atoms with Gasteiger partial charge < -0.3 is 18.9 Å². The zero-order valence-corrected chi connectivity index (χ0v) is 17.8. The van der Waals surface area contributed by atoms with Crippen molar-refractivity contribution in [3.05, 3.63) is 0 Å². The van der Waals surface area contributed by atoms with Crippen LogP contribution in [-0.2, 0) is 28.5 Å². The molecule has 6 heteroatoms. The van der Waals surface area contributed by atoms with Crippen molar-refractivity contribution >= 4 is 11.9 Å². The highest BCUT2D eigenvalue weighted by Crippen LogP contribution is 2.31. The van der Waals surface area contributed by atoms with Gasteiger partial charge in [-0.05, 0) is 52.4 Å². The molecule has 0 N–H and O–H groups in total. The number of carbonyl (C=O) groups excluding carboxylic acids is 2. The molecule has 158 valence electrons. The first-order chi connectivity index (χ1) is 12.9. The minimum Gasteiger partial charge on any atom is -0.462 e. The Morgan fingerprint density at radius 3 is 2.30 bits per heavy atom. The summed E-state index contributed by atoms with van der Waals surface area (Å²) in [6.07, 6.45) is 5.19. The van der Waals surface area contributed by atoms with Crippen molar-refractivity contribution in [3.63, 3.8) is 0 Å². The lowest BCUT2D eigenvalue weighted by atomic mass is 9.79. The van der Waals surface area contributed by atoms with E-state index in [1.807, 2.05) is 34.6 Å². The fraction of sp³-hybridized carbons (Fsp3) is 0.905. The number of rotatable bonds is 12. The molecule has 0 aromatic carbocycles. The van der Waals surface area contributed by atoms with E-state index in [2.05, 4.69) is 0 Å². The summed E-state index contributed by atoms with van der Waals surface area (Å²) < 4.78 is 22.0. The number of hydrogen-bond acceptors (Lipinski definition) is 6. The van der Waals surface area contributed by atoms with Gasteiger partial charge in [0.05, 0.1) is 17.9 Å². The van der Waals surface area contributed by atoms with Gasteiger partial charge in [-0.3, -0.25) is 9.59 Å². The van der Waals surface area contributed by atoms with Crippen molar-refractivity contribution in [3.8, 4) is 0 Å². The van der Waals surface area contributed by atoms with Crippen LogP contribution in [0.15, 0.2) is 0 Å². The second kappa shape index (κ2) is 12.3. The lowest BCUT2D eigenvalue weighted by Crippen LogP contribution is -2.34. The third-order valence-electron chi connectivity index (χ3n) is 5.39. The SMILES string of the molecule is CCOC(CC)OCC1CCCCC1C(=O)OCCOC(=O)C(C)(C)CC. The van der Waals surface area contributed by atoms with Crippen LogP contribution in [0.4, 0.5) is 0 Å². The molecule has 0 amide bonds. The molecule has 1 aliphatic carbocycles. The van der Waals surface area contributed by atoms with Gasteiger partial charge in [0.1, 0.15) is 13.2 Å². The van der Waals surface area contributed by atoms with Gasteiger partial charge in [0.2, 0.25) is 0 Å². The summed E-state index contributed by atoms with van der Waals surface area (Å²) in [5.74, 6) is -0.465. The van der Waals surface area contributed by atoms with Gasteiger partial charge in [-0.25, -0.2) is 0 Å². The van der Waals surface area contributed by atoms with Crippen molar-refractivity contribution in [2.24, 2.45) is 17.3 Å². The van der Waals surface area contributed by atoms with Crippen LogP contribution in [0.2, 0.25) is 0 Å². The van der Waals surface area contributed by atoms with Crippen LogP contribution in [0.25, 0.3) is 0 Å². The first kappa shape index (κ1) is 23.9. The van der Waals surface area contributed by atoms with Gasteiger partial charge in [-0.2, -0.15) is 0 Å². The molecule has 3 unspecified atom stereocenters. The first-order valence-electron chi connectivity index (χ1n) is 10.4. The molecule has 0 aromatic rings. The van der Waals surface area contributed by atoms with Gasteiger partial charge >= 0.3 is 11.9 Å². The molecule has 0 radical (unpaired) electrons. The third kappa shape index (κ3) is 8.18. The lowest BCUT2D eigenvalue weighted by molar-refractivity contribution is -0.168. The molecule has 27 heavy (non-hydrogen) atoms. The molecule has 1 fully saturated rings. The quantitative estimate of drug-likeness (QED) is 0.286. The van der Waals surface area contributed by atoms with Gasteiger partial charge in [0.25, 0.3) is 0 Å². The molecule has 0 heterocycles. The average Bonchev–Trinajstić information content (AvgIpc) is 2.68. The first-order valence-corrected chi connectivity index (χ1v) is 10.4. The molecule has 1 saturated carbocycles. The van der Waals surface area contributed by atoms with E-state index in [9.17, 15) is 9.59 Å². The molecule has 0 saturated heterocycles. The zero-order valence-electron chi connectivity index (χ0n) is 17.8. The number of hydrogen-bond donors (Lipinski definition) is 0. The predicted molar refractivity (Wildman–Crippen MR) is 103 cm³/mol. The number of esters is 2. The van der Waals surface area contributed by atoms with Gasteiger partial charge in [0.15, 0.2) is 6.29 Å². The smallest absolute Gasteiger partial charge is 0.311 e. The Morgan fingerprint density at radius 2 is 1.67 bits per heavy atom. The highest BCUT2D eigenvalue weighted by atomic mass is 16.7. The Labute approximate surface area is 164 Å². The molecule has 1 rings (SSSR count). The molecule has 1 aliphatic rings. The topological polar surface area (TPSA) is 71.1 Å². The second-order valence-electron chi connectivity index (χ2n) is 7.82. The molecule has 0 aromatic heterocycles. The van der Waals surface area contributed by atoms with Crippen LogP contribution in [0.3, 0.4) is 0 Å². The summed E-state index contributed by atoms with van der Waals surface area (Å²) in [4.78, 5) is 24.4. The normalized spacial score (nSPS) is 21.5. The second-order valence-corrected chi connectivity index (χ2v) is 7.82. The predicted octanol–water partition coefficient (Wildman–Crippen LogP) is 4.10. The fourth-order valence-corrected chi connectivity index (χ4v) is 3.14. The third-order valence-corrected chi connectivity index (χ3v) is 5.39. The Hall–Kier alpha value is -1.14. The Bertz CT molecular complexity index is 448. The van der Waals surface area contributed by atoms with Crippen LogP contribution < -0.4 is 0 Å². The van der Waals surface area contributed by atoms with E-state index in [4.69, 9.17) is 18.9 Å². The fourth-order valence-electron chi connectivity index (χ4n) is 3.14. The monoisotopic (exact) mass is 386 g/mol. The molecule has 0 aliphatic heterocycles. The van der Waals surface area contributed by atoms with Crippen molar-refractivity contribution in [2.75, 3.05) is 26.4 Å². The zero-order chi connectivity index (χ0) is 20.3. The van der Waals surface area contributed by atoms with Crippen LogP contribution in [0.5, 0.6) is 0 Å². The largest absolute Gasteiger partial charge is 0.462 e. The van der Waals surface area contributed by atoms with Crippen molar-refractivity contribution in [1.29, 1.82) is 0 Å².